The fourth-order valence-corrected chi connectivity index (χ4v) is 3.28. The Hall–Kier alpha value is -2.67. The van der Waals surface area contributed by atoms with Crippen LogP contribution in [0.2, 0.25) is 5.02 Å². The maximum Gasteiger partial charge on any atom is 0.306 e. The van der Waals surface area contributed by atoms with Crippen molar-refractivity contribution in [2.75, 3.05) is 11.9 Å². The minimum absolute atomic E-state index is 0.0742. The largest absolute Gasteiger partial charge is 0.481 e. The fraction of sp³-hybridized carbons (Fsp3) is 0.368. The van der Waals surface area contributed by atoms with Crippen molar-refractivity contribution < 1.29 is 14.7 Å². The molecule has 1 aromatic heterocycles. The molecule has 2 heterocycles. The van der Waals surface area contributed by atoms with Crippen LogP contribution in [0.1, 0.15) is 35.3 Å². The molecule has 1 aliphatic heterocycles. The molecule has 0 radical (unpaired) electrons. The molecule has 1 atom stereocenters. The molecule has 0 saturated heterocycles. The molecule has 1 unspecified atom stereocenters. The zero-order valence-electron chi connectivity index (χ0n) is 14.8. The van der Waals surface area contributed by atoms with Crippen molar-refractivity contribution >= 4 is 35.5 Å². The summed E-state index contributed by atoms with van der Waals surface area (Å²) in [6.45, 7) is 0.719. The van der Waals surface area contributed by atoms with Crippen LogP contribution in [0.5, 0.6) is 0 Å². The van der Waals surface area contributed by atoms with E-state index >= 15 is 0 Å². The number of carbonyl (C=O) groups excluding carboxylic acids is 1. The molecular weight excluding hydrogens is 368 g/mol. The van der Waals surface area contributed by atoms with Gasteiger partial charge in [0.2, 0.25) is 5.78 Å². The van der Waals surface area contributed by atoms with E-state index in [2.05, 4.69) is 15.3 Å². The standard InChI is InChI=1S/C19H21ClN4O3/c20-15-6-4-13(5-7-15)9-14(19(26)27)3-1-2-8-24-12-23-18-17(24)16(25)10-21-11-22-18/h4-7,11-12,14H,1-3,8-10H2,(H,21,22)(H,26,27). The van der Waals surface area contributed by atoms with Gasteiger partial charge in [-0.1, -0.05) is 30.2 Å². The van der Waals surface area contributed by atoms with Crippen LogP contribution < -0.4 is 5.32 Å². The Labute approximate surface area is 162 Å². The van der Waals surface area contributed by atoms with Gasteiger partial charge in [-0.25, -0.2) is 4.98 Å². The number of unbranched alkanes of at least 4 members (excludes halogenated alkanes) is 1. The van der Waals surface area contributed by atoms with Gasteiger partial charge in [0.1, 0.15) is 12.2 Å². The van der Waals surface area contributed by atoms with Crippen molar-refractivity contribution in [1.29, 1.82) is 0 Å². The first-order valence-electron chi connectivity index (χ1n) is 8.85. The van der Waals surface area contributed by atoms with Crippen LogP contribution in [0.25, 0.3) is 0 Å². The monoisotopic (exact) mass is 388 g/mol. The van der Waals surface area contributed by atoms with Gasteiger partial charge in [0, 0.05) is 11.6 Å². The van der Waals surface area contributed by atoms with Crippen molar-refractivity contribution in [1.82, 2.24) is 9.55 Å². The van der Waals surface area contributed by atoms with E-state index < -0.39 is 11.9 Å². The molecule has 8 heteroatoms. The topological polar surface area (TPSA) is 96.6 Å². The van der Waals surface area contributed by atoms with Gasteiger partial charge in [-0.2, -0.15) is 0 Å². The van der Waals surface area contributed by atoms with Crippen molar-refractivity contribution in [2.45, 2.75) is 32.2 Å². The number of anilines is 1. The van der Waals surface area contributed by atoms with Gasteiger partial charge in [0.05, 0.1) is 18.6 Å². The number of aromatic nitrogens is 2. The van der Waals surface area contributed by atoms with Gasteiger partial charge < -0.3 is 15.0 Å². The molecule has 1 aliphatic rings. The average Bonchev–Trinajstić information content (AvgIpc) is 2.96. The Morgan fingerprint density at radius 3 is 2.81 bits per heavy atom. The van der Waals surface area contributed by atoms with Crippen molar-refractivity contribution in [3.63, 3.8) is 0 Å². The number of aliphatic carboxylic acids is 1. The summed E-state index contributed by atoms with van der Waals surface area (Å²) < 4.78 is 1.81. The molecule has 142 valence electrons. The minimum atomic E-state index is -0.794. The summed E-state index contributed by atoms with van der Waals surface area (Å²) in [5.74, 6) is -0.789. The first kappa shape index (κ1) is 19.1. The van der Waals surface area contributed by atoms with E-state index in [1.54, 1.807) is 18.5 Å². The summed E-state index contributed by atoms with van der Waals surface area (Å²) in [6, 6.07) is 7.27. The highest BCUT2D eigenvalue weighted by Gasteiger charge is 2.20. The molecule has 7 nitrogen and oxygen atoms in total. The average molecular weight is 389 g/mol. The van der Waals surface area contributed by atoms with E-state index in [-0.39, 0.29) is 12.3 Å². The van der Waals surface area contributed by atoms with Crippen molar-refractivity contribution in [3.8, 4) is 0 Å². The molecule has 1 aromatic carbocycles. The number of nitrogens with one attached hydrogen (secondary N) is 1. The van der Waals surface area contributed by atoms with Crippen LogP contribution in [-0.2, 0) is 17.8 Å². The number of aryl methyl sites for hydroxylation is 1. The Bertz CT molecular complexity index is 845. The number of hydrogen-bond acceptors (Lipinski definition) is 5. The van der Waals surface area contributed by atoms with Crippen LogP contribution in [0.4, 0.5) is 5.82 Å². The highest BCUT2D eigenvalue weighted by molar-refractivity contribution is 6.30. The van der Waals surface area contributed by atoms with E-state index in [0.717, 1.165) is 18.4 Å². The zero-order chi connectivity index (χ0) is 19.2. The van der Waals surface area contributed by atoms with Gasteiger partial charge in [0.15, 0.2) is 5.82 Å². The summed E-state index contributed by atoms with van der Waals surface area (Å²) in [6.07, 6.45) is 5.68. The number of imidazole rings is 1. The molecule has 2 aromatic rings. The number of fused-ring (bicyclic) bond motifs is 1. The van der Waals surface area contributed by atoms with Gasteiger partial charge in [-0.15, -0.1) is 0 Å². The summed E-state index contributed by atoms with van der Waals surface area (Å²) >= 11 is 5.87. The SMILES string of the molecule is O=C1CN=CNc2ncn(CCCCC(Cc3ccc(Cl)cc3)C(=O)O)c21. The molecule has 0 amide bonds. The predicted molar refractivity (Wildman–Crippen MR) is 104 cm³/mol. The first-order chi connectivity index (χ1) is 13.0. The zero-order valence-corrected chi connectivity index (χ0v) is 15.5. The molecule has 0 spiro atoms. The molecule has 27 heavy (non-hydrogen) atoms. The number of rotatable bonds is 8. The van der Waals surface area contributed by atoms with E-state index in [1.807, 2.05) is 16.7 Å². The van der Waals surface area contributed by atoms with Crippen molar-refractivity contribution in [2.24, 2.45) is 10.9 Å². The maximum absolute atomic E-state index is 12.1. The highest BCUT2D eigenvalue weighted by Crippen LogP contribution is 2.20. The first-order valence-corrected chi connectivity index (χ1v) is 9.23. The van der Waals surface area contributed by atoms with Crippen LogP contribution in [0.15, 0.2) is 35.6 Å². The lowest BCUT2D eigenvalue weighted by atomic mass is 9.94. The summed E-state index contributed by atoms with van der Waals surface area (Å²) in [7, 11) is 0. The minimum Gasteiger partial charge on any atom is -0.481 e. The summed E-state index contributed by atoms with van der Waals surface area (Å²) in [5, 5.41) is 13.0. The normalized spacial score (nSPS) is 14.3. The van der Waals surface area contributed by atoms with E-state index in [9.17, 15) is 14.7 Å². The predicted octanol–water partition coefficient (Wildman–Crippen LogP) is 3.29. The third-order valence-electron chi connectivity index (χ3n) is 4.58. The molecule has 0 bridgehead atoms. The number of halogens is 1. The smallest absolute Gasteiger partial charge is 0.306 e. The van der Waals surface area contributed by atoms with Gasteiger partial charge in [-0.05, 0) is 37.0 Å². The molecule has 0 aliphatic carbocycles. The second-order valence-corrected chi connectivity index (χ2v) is 6.97. The van der Waals surface area contributed by atoms with Crippen LogP contribution in [-0.4, -0.2) is 39.3 Å². The Morgan fingerprint density at radius 2 is 2.07 bits per heavy atom. The molecule has 0 saturated carbocycles. The van der Waals surface area contributed by atoms with E-state index in [0.29, 0.717) is 35.9 Å². The van der Waals surface area contributed by atoms with Crippen LogP contribution in [0.3, 0.4) is 0 Å². The molecule has 0 fully saturated rings. The second-order valence-electron chi connectivity index (χ2n) is 6.53. The number of ketones is 1. The highest BCUT2D eigenvalue weighted by atomic mass is 35.5. The number of hydrogen-bond donors (Lipinski definition) is 2. The number of carboxylic acid groups (broad SMARTS) is 1. The number of carboxylic acids is 1. The summed E-state index contributed by atoms with van der Waals surface area (Å²) in [4.78, 5) is 31.9. The second kappa shape index (κ2) is 8.81. The lowest BCUT2D eigenvalue weighted by molar-refractivity contribution is -0.142. The number of Topliss-reactive ketones (excluding diaryl/α,β-unsaturated/α-hetero) is 1. The number of nitrogens with zero attached hydrogens (tertiary/aromatic N) is 3. The Balaban J connectivity index is 1.53. The van der Waals surface area contributed by atoms with Crippen LogP contribution >= 0.6 is 11.6 Å². The van der Waals surface area contributed by atoms with E-state index in [4.69, 9.17) is 11.6 Å². The number of aliphatic imine (C=N–C) groups is 1. The third-order valence-corrected chi connectivity index (χ3v) is 4.83. The lowest BCUT2D eigenvalue weighted by Gasteiger charge is -2.13. The lowest BCUT2D eigenvalue weighted by Crippen LogP contribution is -2.17. The Kier molecular flexibility index (Phi) is 6.24. The van der Waals surface area contributed by atoms with Gasteiger partial charge in [-0.3, -0.25) is 14.6 Å². The number of benzene rings is 1. The Morgan fingerprint density at radius 1 is 1.30 bits per heavy atom. The van der Waals surface area contributed by atoms with Gasteiger partial charge in [0.25, 0.3) is 0 Å². The fourth-order valence-electron chi connectivity index (χ4n) is 3.15. The maximum atomic E-state index is 12.1. The molecular formula is C19H21ClN4O3. The molecule has 2 N–H and O–H groups in total. The third kappa shape index (κ3) is 4.95. The molecule has 3 rings (SSSR count). The van der Waals surface area contributed by atoms with Crippen LogP contribution in [0, 0.1) is 5.92 Å². The van der Waals surface area contributed by atoms with Gasteiger partial charge >= 0.3 is 5.97 Å². The number of carbonyl (C=O) groups is 2. The summed E-state index contributed by atoms with van der Waals surface area (Å²) in [5.41, 5.74) is 1.49. The van der Waals surface area contributed by atoms with Crippen molar-refractivity contribution in [3.05, 3.63) is 46.9 Å². The van der Waals surface area contributed by atoms with E-state index in [1.165, 1.54) is 6.34 Å². The quantitative estimate of drug-likeness (QED) is 0.676.